The maximum Gasteiger partial charge on any atom is 0.0598 e. The second kappa shape index (κ2) is 6.04. The third-order valence-electron chi connectivity index (χ3n) is 3.55. The summed E-state index contributed by atoms with van der Waals surface area (Å²) in [5, 5.41) is 8.08. The standard InChI is InChI=1S/C16H16Cl2N2/c17-15-5-4-12(9-16(15)18)11-2-1-3-13(8-11)20-14-6-7-19-10-14/h1-5,8-9,14,19-20H,6-7,10H2. The van der Waals surface area contributed by atoms with Gasteiger partial charge >= 0.3 is 0 Å². The van der Waals surface area contributed by atoms with Crippen molar-refractivity contribution in [3.05, 3.63) is 52.5 Å². The van der Waals surface area contributed by atoms with Crippen LogP contribution in [0.2, 0.25) is 10.0 Å². The van der Waals surface area contributed by atoms with E-state index in [2.05, 4.69) is 34.9 Å². The highest BCUT2D eigenvalue weighted by atomic mass is 35.5. The van der Waals surface area contributed by atoms with Gasteiger partial charge in [0, 0.05) is 18.3 Å². The van der Waals surface area contributed by atoms with Crippen molar-refractivity contribution in [1.82, 2.24) is 5.32 Å². The van der Waals surface area contributed by atoms with E-state index in [1.807, 2.05) is 18.2 Å². The van der Waals surface area contributed by atoms with E-state index in [0.29, 0.717) is 16.1 Å². The van der Waals surface area contributed by atoms with Gasteiger partial charge in [-0.3, -0.25) is 0 Å². The first kappa shape index (κ1) is 13.7. The minimum atomic E-state index is 0.513. The van der Waals surface area contributed by atoms with Crippen LogP contribution in [0.25, 0.3) is 11.1 Å². The topological polar surface area (TPSA) is 24.1 Å². The minimum Gasteiger partial charge on any atom is -0.381 e. The average molecular weight is 307 g/mol. The lowest BCUT2D eigenvalue weighted by Gasteiger charge is -2.14. The fourth-order valence-corrected chi connectivity index (χ4v) is 2.78. The fourth-order valence-electron chi connectivity index (χ4n) is 2.48. The molecule has 1 aliphatic heterocycles. The summed E-state index contributed by atoms with van der Waals surface area (Å²) in [7, 11) is 0. The van der Waals surface area contributed by atoms with Gasteiger partial charge in [-0.25, -0.2) is 0 Å². The molecule has 0 radical (unpaired) electrons. The Bertz CT molecular complexity index is 607. The molecule has 1 heterocycles. The zero-order valence-electron chi connectivity index (χ0n) is 11.0. The van der Waals surface area contributed by atoms with E-state index in [9.17, 15) is 0 Å². The summed E-state index contributed by atoms with van der Waals surface area (Å²) in [4.78, 5) is 0. The Labute approximate surface area is 129 Å². The molecule has 1 fully saturated rings. The van der Waals surface area contributed by atoms with Gasteiger partial charge < -0.3 is 10.6 Å². The number of hydrogen-bond acceptors (Lipinski definition) is 2. The van der Waals surface area contributed by atoms with Gasteiger partial charge in [0.15, 0.2) is 0 Å². The molecule has 104 valence electrons. The normalized spacial score (nSPS) is 18.2. The Morgan fingerprint density at radius 2 is 1.85 bits per heavy atom. The number of anilines is 1. The summed E-state index contributed by atoms with van der Waals surface area (Å²) < 4.78 is 0. The number of benzene rings is 2. The van der Waals surface area contributed by atoms with Crippen LogP contribution in [-0.4, -0.2) is 19.1 Å². The molecule has 2 N–H and O–H groups in total. The van der Waals surface area contributed by atoms with Crippen molar-refractivity contribution in [2.24, 2.45) is 0 Å². The molecule has 2 aromatic carbocycles. The van der Waals surface area contributed by atoms with Crippen LogP contribution < -0.4 is 10.6 Å². The Kier molecular flexibility index (Phi) is 4.16. The van der Waals surface area contributed by atoms with E-state index >= 15 is 0 Å². The third-order valence-corrected chi connectivity index (χ3v) is 4.29. The van der Waals surface area contributed by atoms with Gasteiger partial charge in [0.05, 0.1) is 10.0 Å². The zero-order valence-corrected chi connectivity index (χ0v) is 12.5. The SMILES string of the molecule is Clc1ccc(-c2cccc(NC3CCNC3)c2)cc1Cl. The van der Waals surface area contributed by atoms with E-state index in [-0.39, 0.29) is 0 Å². The molecule has 1 aliphatic rings. The lowest BCUT2D eigenvalue weighted by molar-refractivity contribution is 0.793. The Morgan fingerprint density at radius 1 is 1.00 bits per heavy atom. The highest BCUT2D eigenvalue weighted by Crippen LogP contribution is 2.29. The monoisotopic (exact) mass is 306 g/mol. The Hall–Kier alpha value is -1.22. The van der Waals surface area contributed by atoms with Crippen molar-refractivity contribution in [3.8, 4) is 11.1 Å². The molecule has 1 atom stereocenters. The van der Waals surface area contributed by atoms with E-state index in [4.69, 9.17) is 23.2 Å². The first-order valence-electron chi connectivity index (χ1n) is 6.75. The molecule has 0 amide bonds. The van der Waals surface area contributed by atoms with Gasteiger partial charge in [0.1, 0.15) is 0 Å². The van der Waals surface area contributed by atoms with Gasteiger partial charge in [0.2, 0.25) is 0 Å². The maximum atomic E-state index is 6.09. The van der Waals surface area contributed by atoms with E-state index < -0.39 is 0 Å². The summed E-state index contributed by atoms with van der Waals surface area (Å²) in [5.41, 5.74) is 3.36. The smallest absolute Gasteiger partial charge is 0.0598 e. The van der Waals surface area contributed by atoms with Crippen molar-refractivity contribution >= 4 is 28.9 Å². The number of halogens is 2. The predicted octanol–water partition coefficient (Wildman–Crippen LogP) is 4.43. The van der Waals surface area contributed by atoms with Crippen molar-refractivity contribution < 1.29 is 0 Å². The minimum absolute atomic E-state index is 0.513. The number of nitrogens with one attached hydrogen (secondary N) is 2. The largest absolute Gasteiger partial charge is 0.381 e. The van der Waals surface area contributed by atoms with Crippen molar-refractivity contribution in [2.75, 3.05) is 18.4 Å². The summed E-state index contributed by atoms with van der Waals surface area (Å²) in [6.07, 6.45) is 1.16. The molecule has 2 nitrogen and oxygen atoms in total. The second-order valence-corrected chi connectivity index (χ2v) is 5.86. The van der Waals surface area contributed by atoms with Gasteiger partial charge in [-0.15, -0.1) is 0 Å². The molecule has 0 aromatic heterocycles. The maximum absolute atomic E-state index is 6.09. The van der Waals surface area contributed by atoms with Crippen molar-refractivity contribution in [1.29, 1.82) is 0 Å². The summed E-state index contributed by atoms with van der Waals surface area (Å²) in [6, 6.07) is 14.6. The second-order valence-electron chi connectivity index (χ2n) is 5.04. The lowest BCUT2D eigenvalue weighted by atomic mass is 10.0. The molecule has 0 saturated carbocycles. The molecular weight excluding hydrogens is 291 g/mol. The molecule has 4 heteroatoms. The lowest BCUT2D eigenvalue weighted by Crippen LogP contribution is -2.21. The molecule has 1 saturated heterocycles. The van der Waals surface area contributed by atoms with Crippen LogP contribution in [-0.2, 0) is 0 Å². The van der Waals surface area contributed by atoms with Crippen LogP contribution in [0.15, 0.2) is 42.5 Å². The first-order chi connectivity index (χ1) is 9.72. The number of rotatable bonds is 3. The molecule has 0 aliphatic carbocycles. The average Bonchev–Trinajstić information content (AvgIpc) is 2.95. The summed E-state index contributed by atoms with van der Waals surface area (Å²) in [5.74, 6) is 0. The van der Waals surface area contributed by atoms with Gasteiger partial charge in [-0.1, -0.05) is 41.4 Å². The first-order valence-corrected chi connectivity index (χ1v) is 7.51. The molecule has 0 spiro atoms. The van der Waals surface area contributed by atoms with E-state index in [0.717, 1.165) is 36.3 Å². The van der Waals surface area contributed by atoms with E-state index in [1.165, 1.54) is 0 Å². The molecule has 3 rings (SSSR count). The molecular formula is C16H16Cl2N2. The van der Waals surface area contributed by atoms with Crippen LogP contribution in [0.4, 0.5) is 5.69 Å². The van der Waals surface area contributed by atoms with Gasteiger partial charge in [-0.2, -0.15) is 0 Å². The van der Waals surface area contributed by atoms with Crippen LogP contribution in [0, 0.1) is 0 Å². The van der Waals surface area contributed by atoms with Gasteiger partial charge in [-0.05, 0) is 48.4 Å². The van der Waals surface area contributed by atoms with E-state index in [1.54, 1.807) is 0 Å². The van der Waals surface area contributed by atoms with Crippen molar-refractivity contribution in [3.63, 3.8) is 0 Å². The zero-order chi connectivity index (χ0) is 13.9. The van der Waals surface area contributed by atoms with Crippen LogP contribution in [0.1, 0.15) is 6.42 Å². The Balaban J connectivity index is 1.84. The highest BCUT2D eigenvalue weighted by Gasteiger charge is 2.13. The molecule has 1 unspecified atom stereocenters. The summed E-state index contributed by atoms with van der Waals surface area (Å²) in [6.45, 7) is 2.11. The van der Waals surface area contributed by atoms with Crippen LogP contribution in [0.5, 0.6) is 0 Å². The predicted molar refractivity (Wildman–Crippen MR) is 86.8 cm³/mol. The quantitative estimate of drug-likeness (QED) is 0.876. The molecule has 20 heavy (non-hydrogen) atoms. The van der Waals surface area contributed by atoms with Crippen LogP contribution >= 0.6 is 23.2 Å². The van der Waals surface area contributed by atoms with Crippen LogP contribution in [0.3, 0.4) is 0 Å². The third kappa shape index (κ3) is 3.09. The molecule has 0 bridgehead atoms. The highest BCUT2D eigenvalue weighted by molar-refractivity contribution is 6.42. The van der Waals surface area contributed by atoms with Crippen molar-refractivity contribution in [2.45, 2.75) is 12.5 Å². The Morgan fingerprint density at radius 3 is 2.60 bits per heavy atom. The fraction of sp³-hybridized carbons (Fsp3) is 0.250. The molecule has 2 aromatic rings. The van der Waals surface area contributed by atoms with Gasteiger partial charge in [0.25, 0.3) is 0 Å². The summed E-state index contributed by atoms with van der Waals surface area (Å²) >= 11 is 12.0. The number of hydrogen-bond donors (Lipinski definition) is 2.